The molecule has 0 spiro atoms. The minimum Gasteiger partial charge on any atom is -0.386 e. The predicted molar refractivity (Wildman–Crippen MR) is 73.9 cm³/mol. The molecule has 100 valence electrons. The van der Waals surface area contributed by atoms with Crippen LogP contribution in [0.3, 0.4) is 0 Å². The summed E-state index contributed by atoms with van der Waals surface area (Å²) in [6, 6.07) is 7.41. The summed E-state index contributed by atoms with van der Waals surface area (Å²) in [6.07, 6.45) is 4.71. The van der Waals surface area contributed by atoms with Crippen molar-refractivity contribution in [2.75, 3.05) is 0 Å². The molecule has 1 fully saturated rings. The van der Waals surface area contributed by atoms with Gasteiger partial charge in [0.05, 0.1) is 11.0 Å². The van der Waals surface area contributed by atoms with Crippen molar-refractivity contribution in [2.24, 2.45) is 5.92 Å². The molecule has 1 atom stereocenters. The van der Waals surface area contributed by atoms with E-state index in [4.69, 9.17) is 0 Å². The van der Waals surface area contributed by atoms with Gasteiger partial charge in [0.2, 0.25) is 0 Å². The molecule has 3 rings (SSSR count). The summed E-state index contributed by atoms with van der Waals surface area (Å²) in [5.74, 6) is 0.170. The average Bonchev–Trinajstić information content (AvgIpc) is 2.47. The second-order valence-corrected chi connectivity index (χ2v) is 5.31. The lowest BCUT2D eigenvalue weighted by molar-refractivity contribution is 0.0801. The highest BCUT2D eigenvalue weighted by atomic mass is 16.3. The maximum absolute atomic E-state index is 12.0. The Balaban J connectivity index is 1.99. The molecular formula is C15H18N2O2. The van der Waals surface area contributed by atoms with Gasteiger partial charge in [0, 0.05) is 0 Å². The number of aromatic nitrogens is 2. The fourth-order valence-electron chi connectivity index (χ4n) is 2.92. The number of fused-ring (bicyclic) bond motifs is 1. The molecule has 1 unspecified atom stereocenters. The van der Waals surface area contributed by atoms with E-state index in [-0.39, 0.29) is 17.2 Å². The van der Waals surface area contributed by atoms with Gasteiger partial charge in [-0.05, 0) is 30.9 Å². The Morgan fingerprint density at radius 1 is 1.21 bits per heavy atom. The van der Waals surface area contributed by atoms with Gasteiger partial charge in [0.15, 0.2) is 0 Å². The van der Waals surface area contributed by atoms with Gasteiger partial charge in [-0.25, -0.2) is 4.98 Å². The maximum Gasteiger partial charge on any atom is 0.272 e. The van der Waals surface area contributed by atoms with Crippen LogP contribution in [0.5, 0.6) is 0 Å². The molecule has 0 aliphatic heterocycles. The summed E-state index contributed by atoms with van der Waals surface area (Å²) in [6.45, 7) is 0. The Labute approximate surface area is 111 Å². The topological polar surface area (TPSA) is 66.0 Å². The van der Waals surface area contributed by atoms with E-state index in [1.807, 2.05) is 24.3 Å². The molecule has 0 radical (unpaired) electrons. The number of hydrogen-bond donors (Lipinski definition) is 2. The third-order valence-corrected chi connectivity index (χ3v) is 4.00. The SMILES string of the molecule is O=c1[nH]c2ccccc2nc1C(O)C1CCCCC1. The largest absolute Gasteiger partial charge is 0.386 e. The molecule has 1 heterocycles. The van der Waals surface area contributed by atoms with E-state index in [2.05, 4.69) is 9.97 Å². The summed E-state index contributed by atoms with van der Waals surface area (Å²) in [5.41, 5.74) is 1.45. The number of para-hydroxylation sites is 2. The van der Waals surface area contributed by atoms with Gasteiger partial charge in [-0.3, -0.25) is 4.79 Å². The second kappa shape index (κ2) is 5.13. The molecule has 0 bridgehead atoms. The smallest absolute Gasteiger partial charge is 0.272 e. The molecule has 4 nitrogen and oxygen atoms in total. The standard InChI is InChI=1S/C15H18N2O2/c18-14(10-6-2-1-3-7-10)13-15(19)17-12-9-5-4-8-11(12)16-13/h4-5,8-10,14,18H,1-3,6-7H2,(H,17,19). The van der Waals surface area contributed by atoms with E-state index < -0.39 is 6.10 Å². The first-order valence-electron chi connectivity index (χ1n) is 6.93. The fourth-order valence-corrected chi connectivity index (χ4v) is 2.92. The highest BCUT2D eigenvalue weighted by Gasteiger charge is 2.26. The average molecular weight is 258 g/mol. The first-order chi connectivity index (χ1) is 9.25. The zero-order valence-electron chi connectivity index (χ0n) is 10.8. The van der Waals surface area contributed by atoms with Gasteiger partial charge in [0.1, 0.15) is 11.8 Å². The molecular weight excluding hydrogens is 240 g/mol. The van der Waals surface area contributed by atoms with Crippen LogP contribution >= 0.6 is 0 Å². The lowest BCUT2D eigenvalue weighted by Crippen LogP contribution is -2.25. The van der Waals surface area contributed by atoms with E-state index >= 15 is 0 Å². The fraction of sp³-hybridized carbons (Fsp3) is 0.467. The van der Waals surface area contributed by atoms with Crippen molar-refractivity contribution < 1.29 is 5.11 Å². The van der Waals surface area contributed by atoms with Crippen molar-refractivity contribution in [1.82, 2.24) is 9.97 Å². The normalized spacial score (nSPS) is 18.6. The zero-order chi connectivity index (χ0) is 13.2. The molecule has 2 aromatic rings. The molecule has 1 aliphatic rings. The molecule has 0 amide bonds. The monoisotopic (exact) mass is 258 g/mol. The molecule has 2 N–H and O–H groups in total. The number of aromatic amines is 1. The molecule has 0 saturated heterocycles. The number of nitrogens with one attached hydrogen (secondary N) is 1. The Morgan fingerprint density at radius 3 is 2.74 bits per heavy atom. The Bertz CT molecular complexity index is 629. The first kappa shape index (κ1) is 12.4. The van der Waals surface area contributed by atoms with Gasteiger partial charge >= 0.3 is 0 Å². The van der Waals surface area contributed by atoms with Crippen molar-refractivity contribution in [3.8, 4) is 0 Å². The van der Waals surface area contributed by atoms with Crippen LogP contribution in [0.4, 0.5) is 0 Å². The quantitative estimate of drug-likeness (QED) is 0.870. The number of benzene rings is 1. The minimum atomic E-state index is -0.742. The molecule has 1 aliphatic carbocycles. The van der Waals surface area contributed by atoms with Crippen molar-refractivity contribution in [3.63, 3.8) is 0 Å². The van der Waals surface area contributed by atoms with Gasteiger partial charge < -0.3 is 10.1 Å². The van der Waals surface area contributed by atoms with Crippen LogP contribution in [0.1, 0.15) is 43.9 Å². The van der Waals surface area contributed by atoms with Gasteiger partial charge in [0.25, 0.3) is 5.56 Å². The van der Waals surface area contributed by atoms with Crippen LogP contribution in [-0.4, -0.2) is 15.1 Å². The van der Waals surface area contributed by atoms with Crippen LogP contribution in [0.25, 0.3) is 11.0 Å². The van der Waals surface area contributed by atoms with Gasteiger partial charge in [-0.2, -0.15) is 0 Å². The summed E-state index contributed by atoms with van der Waals surface area (Å²) in [5, 5.41) is 10.4. The van der Waals surface area contributed by atoms with Crippen LogP contribution in [0.2, 0.25) is 0 Å². The van der Waals surface area contributed by atoms with E-state index in [1.54, 1.807) is 0 Å². The first-order valence-corrected chi connectivity index (χ1v) is 6.93. The summed E-state index contributed by atoms with van der Waals surface area (Å²) in [4.78, 5) is 19.2. The van der Waals surface area contributed by atoms with E-state index in [9.17, 15) is 9.90 Å². The minimum absolute atomic E-state index is 0.170. The summed E-state index contributed by atoms with van der Waals surface area (Å²) >= 11 is 0. The number of rotatable bonds is 2. The summed E-state index contributed by atoms with van der Waals surface area (Å²) in [7, 11) is 0. The molecule has 1 aromatic heterocycles. The van der Waals surface area contributed by atoms with Crippen molar-refractivity contribution in [2.45, 2.75) is 38.2 Å². The number of nitrogens with zero attached hydrogens (tertiary/aromatic N) is 1. The number of H-pyrrole nitrogens is 1. The highest BCUT2D eigenvalue weighted by molar-refractivity contribution is 5.73. The molecule has 19 heavy (non-hydrogen) atoms. The van der Waals surface area contributed by atoms with Gasteiger partial charge in [-0.1, -0.05) is 31.4 Å². The Hall–Kier alpha value is -1.68. The van der Waals surface area contributed by atoms with Crippen LogP contribution in [-0.2, 0) is 0 Å². The third kappa shape index (κ3) is 2.40. The lowest BCUT2D eigenvalue weighted by Gasteiger charge is -2.25. The number of hydrogen-bond acceptors (Lipinski definition) is 3. The van der Waals surface area contributed by atoms with Crippen molar-refractivity contribution >= 4 is 11.0 Å². The van der Waals surface area contributed by atoms with E-state index in [1.165, 1.54) is 6.42 Å². The predicted octanol–water partition coefficient (Wildman–Crippen LogP) is 2.54. The molecule has 4 heteroatoms. The van der Waals surface area contributed by atoms with Crippen LogP contribution in [0.15, 0.2) is 29.1 Å². The molecule has 1 saturated carbocycles. The van der Waals surface area contributed by atoms with Crippen LogP contribution < -0.4 is 5.56 Å². The van der Waals surface area contributed by atoms with Crippen molar-refractivity contribution in [1.29, 1.82) is 0 Å². The van der Waals surface area contributed by atoms with E-state index in [0.717, 1.165) is 31.2 Å². The zero-order valence-corrected chi connectivity index (χ0v) is 10.8. The molecule has 1 aromatic carbocycles. The van der Waals surface area contributed by atoms with Gasteiger partial charge in [-0.15, -0.1) is 0 Å². The second-order valence-electron chi connectivity index (χ2n) is 5.31. The third-order valence-electron chi connectivity index (χ3n) is 4.00. The number of aliphatic hydroxyl groups is 1. The van der Waals surface area contributed by atoms with E-state index in [0.29, 0.717) is 5.52 Å². The van der Waals surface area contributed by atoms with Crippen molar-refractivity contribution in [3.05, 3.63) is 40.3 Å². The van der Waals surface area contributed by atoms with Crippen LogP contribution in [0, 0.1) is 5.92 Å². The Morgan fingerprint density at radius 2 is 1.95 bits per heavy atom. The lowest BCUT2D eigenvalue weighted by atomic mass is 9.84. The summed E-state index contributed by atoms with van der Waals surface area (Å²) < 4.78 is 0. The number of aliphatic hydroxyl groups excluding tert-OH is 1. The Kier molecular flexibility index (Phi) is 3.34. The maximum atomic E-state index is 12.0. The highest BCUT2D eigenvalue weighted by Crippen LogP contribution is 2.32.